The van der Waals surface area contributed by atoms with Gasteiger partial charge in [-0.15, -0.1) is 11.8 Å². The molecular formula is C15H14FNOS2. The average molecular weight is 307 g/mol. The SMILES string of the molecule is CSc1ccc(OCc2cc(F)cc(C(N)=S)c2)cc1. The van der Waals surface area contributed by atoms with E-state index < -0.39 is 0 Å². The van der Waals surface area contributed by atoms with Crippen molar-refractivity contribution < 1.29 is 9.13 Å². The fourth-order valence-electron chi connectivity index (χ4n) is 1.71. The molecule has 2 N–H and O–H groups in total. The van der Waals surface area contributed by atoms with Crippen molar-refractivity contribution in [3.05, 3.63) is 59.4 Å². The third kappa shape index (κ3) is 3.95. The van der Waals surface area contributed by atoms with Crippen molar-refractivity contribution in [2.75, 3.05) is 6.26 Å². The number of rotatable bonds is 5. The predicted molar refractivity (Wildman–Crippen MR) is 84.8 cm³/mol. The summed E-state index contributed by atoms with van der Waals surface area (Å²) in [5.74, 6) is 0.371. The van der Waals surface area contributed by atoms with Gasteiger partial charge in [-0.3, -0.25) is 0 Å². The van der Waals surface area contributed by atoms with Crippen LogP contribution in [0.1, 0.15) is 11.1 Å². The van der Waals surface area contributed by atoms with Gasteiger partial charge >= 0.3 is 0 Å². The summed E-state index contributed by atoms with van der Waals surface area (Å²) in [7, 11) is 0. The van der Waals surface area contributed by atoms with E-state index in [1.807, 2.05) is 30.5 Å². The summed E-state index contributed by atoms with van der Waals surface area (Å²) in [5, 5.41) is 0. The van der Waals surface area contributed by atoms with Gasteiger partial charge in [-0.1, -0.05) is 12.2 Å². The minimum absolute atomic E-state index is 0.176. The molecule has 0 aromatic heterocycles. The van der Waals surface area contributed by atoms with Crippen LogP contribution in [0.2, 0.25) is 0 Å². The Morgan fingerprint density at radius 3 is 2.55 bits per heavy atom. The highest BCUT2D eigenvalue weighted by atomic mass is 32.2. The second-order valence-corrected chi connectivity index (χ2v) is 5.50. The molecule has 0 bridgehead atoms. The first-order valence-corrected chi connectivity index (χ1v) is 7.58. The van der Waals surface area contributed by atoms with E-state index in [9.17, 15) is 4.39 Å². The van der Waals surface area contributed by atoms with Gasteiger partial charge in [-0.2, -0.15) is 0 Å². The number of thiocarbonyl (C=S) groups is 1. The second-order valence-electron chi connectivity index (χ2n) is 4.18. The second kappa shape index (κ2) is 6.72. The third-order valence-electron chi connectivity index (χ3n) is 2.71. The highest BCUT2D eigenvalue weighted by Crippen LogP contribution is 2.20. The minimum Gasteiger partial charge on any atom is -0.489 e. The summed E-state index contributed by atoms with van der Waals surface area (Å²) in [5.41, 5.74) is 6.72. The Morgan fingerprint density at radius 1 is 1.25 bits per heavy atom. The van der Waals surface area contributed by atoms with E-state index in [1.165, 1.54) is 17.0 Å². The zero-order valence-corrected chi connectivity index (χ0v) is 12.6. The number of thioether (sulfide) groups is 1. The quantitative estimate of drug-likeness (QED) is 0.674. The molecule has 5 heteroatoms. The van der Waals surface area contributed by atoms with Crippen molar-refractivity contribution in [1.29, 1.82) is 0 Å². The van der Waals surface area contributed by atoms with E-state index in [0.29, 0.717) is 11.1 Å². The van der Waals surface area contributed by atoms with Gasteiger partial charge in [0.1, 0.15) is 23.2 Å². The van der Waals surface area contributed by atoms with E-state index in [0.717, 1.165) is 5.75 Å². The molecule has 0 heterocycles. The first-order valence-electron chi connectivity index (χ1n) is 5.94. The summed E-state index contributed by atoms with van der Waals surface area (Å²) in [6.07, 6.45) is 2.01. The van der Waals surface area contributed by atoms with Crippen LogP contribution in [0.15, 0.2) is 47.4 Å². The molecule has 2 aromatic rings. The van der Waals surface area contributed by atoms with Crippen LogP contribution < -0.4 is 10.5 Å². The van der Waals surface area contributed by atoms with E-state index in [1.54, 1.807) is 17.8 Å². The Bertz CT molecular complexity index is 614. The van der Waals surface area contributed by atoms with Crippen molar-refractivity contribution in [2.45, 2.75) is 11.5 Å². The summed E-state index contributed by atoms with van der Waals surface area (Å²) in [6.45, 7) is 0.270. The summed E-state index contributed by atoms with van der Waals surface area (Å²) in [6, 6.07) is 12.2. The molecular weight excluding hydrogens is 293 g/mol. The fraction of sp³-hybridized carbons (Fsp3) is 0.133. The molecule has 0 atom stereocenters. The standard InChI is InChI=1S/C15H14FNOS2/c1-20-14-4-2-13(3-5-14)18-9-10-6-11(15(17)19)8-12(16)7-10/h2-8H,9H2,1H3,(H2,17,19). The number of hydrogen-bond donors (Lipinski definition) is 1. The molecule has 104 valence electrons. The minimum atomic E-state index is -0.369. The van der Waals surface area contributed by atoms with Gasteiger partial charge in [0.15, 0.2) is 0 Å². The first-order chi connectivity index (χ1) is 9.58. The predicted octanol–water partition coefficient (Wildman–Crippen LogP) is 3.76. The maximum Gasteiger partial charge on any atom is 0.124 e. The maximum absolute atomic E-state index is 13.4. The molecule has 2 aromatic carbocycles. The molecule has 0 fully saturated rings. The van der Waals surface area contributed by atoms with Crippen LogP contribution in [0, 0.1) is 5.82 Å². The molecule has 20 heavy (non-hydrogen) atoms. The molecule has 0 unspecified atom stereocenters. The molecule has 0 radical (unpaired) electrons. The number of benzene rings is 2. The normalized spacial score (nSPS) is 10.3. The molecule has 0 saturated carbocycles. The van der Waals surface area contributed by atoms with E-state index in [-0.39, 0.29) is 17.4 Å². The van der Waals surface area contributed by atoms with Crippen LogP contribution in [0.25, 0.3) is 0 Å². The van der Waals surface area contributed by atoms with Crippen LogP contribution in [-0.4, -0.2) is 11.2 Å². The van der Waals surface area contributed by atoms with Crippen LogP contribution in [0.3, 0.4) is 0 Å². The van der Waals surface area contributed by atoms with E-state index in [4.69, 9.17) is 22.7 Å². The van der Waals surface area contributed by atoms with Crippen molar-refractivity contribution in [3.63, 3.8) is 0 Å². The monoisotopic (exact) mass is 307 g/mol. The zero-order valence-electron chi connectivity index (χ0n) is 10.9. The van der Waals surface area contributed by atoms with Gasteiger partial charge < -0.3 is 10.5 Å². The van der Waals surface area contributed by atoms with Crippen molar-refractivity contribution >= 4 is 29.0 Å². The van der Waals surface area contributed by atoms with Gasteiger partial charge in [-0.25, -0.2) is 4.39 Å². The lowest BCUT2D eigenvalue weighted by molar-refractivity contribution is 0.305. The van der Waals surface area contributed by atoms with E-state index in [2.05, 4.69) is 0 Å². The lowest BCUT2D eigenvalue weighted by Crippen LogP contribution is -2.10. The Kier molecular flexibility index (Phi) is 4.98. The highest BCUT2D eigenvalue weighted by molar-refractivity contribution is 7.98. The summed E-state index contributed by atoms with van der Waals surface area (Å²) >= 11 is 6.52. The Balaban J connectivity index is 2.08. The van der Waals surface area contributed by atoms with Gasteiger partial charge in [0, 0.05) is 10.5 Å². The summed E-state index contributed by atoms with van der Waals surface area (Å²) < 4.78 is 19.1. The highest BCUT2D eigenvalue weighted by Gasteiger charge is 2.04. The lowest BCUT2D eigenvalue weighted by Gasteiger charge is -2.08. The molecule has 0 saturated heterocycles. The van der Waals surface area contributed by atoms with Crippen molar-refractivity contribution in [3.8, 4) is 5.75 Å². The van der Waals surface area contributed by atoms with Crippen molar-refractivity contribution in [1.82, 2.24) is 0 Å². The number of nitrogens with two attached hydrogens (primary N) is 1. The number of halogens is 1. The molecule has 0 spiro atoms. The van der Waals surface area contributed by atoms with Crippen LogP contribution in [0.5, 0.6) is 5.75 Å². The molecule has 0 aliphatic heterocycles. The smallest absolute Gasteiger partial charge is 0.124 e. The Morgan fingerprint density at radius 2 is 1.95 bits per heavy atom. The molecule has 0 aliphatic rings. The van der Waals surface area contributed by atoms with Gasteiger partial charge in [-0.05, 0) is 54.3 Å². The van der Waals surface area contributed by atoms with Gasteiger partial charge in [0.2, 0.25) is 0 Å². The van der Waals surface area contributed by atoms with Crippen LogP contribution in [-0.2, 0) is 6.61 Å². The van der Waals surface area contributed by atoms with Crippen LogP contribution >= 0.6 is 24.0 Å². The maximum atomic E-state index is 13.4. The Hall–Kier alpha value is -1.59. The first kappa shape index (κ1) is 14.8. The van der Waals surface area contributed by atoms with Crippen LogP contribution in [0.4, 0.5) is 4.39 Å². The number of hydrogen-bond acceptors (Lipinski definition) is 3. The molecule has 2 rings (SSSR count). The van der Waals surface area contributed by atoms with Gasteiger partial charge in [0.25, 0.3) is 0 Å². The average Bonchev–Trinajstić information content (AvgIpc) is 2.45. The Labute approximate surface area is 127 Å². The van der Waals surface area contributed by atoms with Gasteiger partial charge in [0.05, 0.1) is 0 Å². The largest absolute Gasteiger partial charge is 0.489 e. The molecule has 0 amide bonds. The topological polar surface area (TPSA) is 35.2 Å². The zero-order chi connectivity index (χ0) is 14.5. The lowest BCUT2D eigenvalue weighted by atomic mass is 10.1. The number of ether oxygens (including phenoxy) is 1. The van der Waals surface area contributed by atoms with E-state index >= 15 is 0 Å². The molecule has 2 nitrogen and oxygen atoms in total. The van der Waals surface area contributed by atoms with Crippen molar-refractivity contribution in [2.24, 2.45) is 5.73 Å². The molecule has 0 aliphatic carbocycles. The third-order valence-corrected chi connectivity index (χ3v) is 3.69. The fourth-order valence-corrected chi connectivity index (χ4v) is 2.24. The summed E-state index contributed by atoms with van der Waals surface area (Å²) in [4.78, 5) is 1.34.